The molecular weight excluding hydrogens is 194 g/mol. The Bertz CT molecular complexity index is 286. The van der Waals surface area contributed by atoms with Gasteiger partial charge in [-0.15, -0.1) is 0 Å². The molecule has 1 aromatic heterocycles. The zero-order chi connectivity index (χ0) is 8.43. The first-order valence-corrected chi connectivity index (χ1v) is 3.41. The zero-order valence-corrected chi connectivity index (χ0v) is 6.71. The molecule has 11 heavy (non-hydrogen) atoms. The number of nitrogens with zero attached hydrogens (tertiary/aromatic N) is 1. The van der Waals surface area contributed by atoms with Crippen molar-refractivity contribution in [2.24, 2.45) is 0 Å². The maximum atomic E-state index is 12.0. The van der Waals surface area contributed by atoms with Crippen LogP contribution in [0.1, 0.15) is 16.1 Å². The van der Waals surface area contributed by atoms with Crippen LogP contribution in [0.15, 0.2) is 0 Å². The molecule has 0 aliphatic carbocycles. The first kappa shape index (κ1) is 8.49. The minimum atomic E-state index is -0.840. The number of aromatic nitrogens is 2. The summed E-state index contributed by atoms with van der Waals surface area (Å²) in [6, 6.07) is 0. The number of carbonyl (C=O) groups is 1. The van der Waals surface area contributed by atoms with Gasteiger partial charge in [0.1, 0.15) is 6.67 Å². The van der Waals surface area contributed by atoms with Gasteiger partial charge in [-0.1, -0.05) is 11.6 Å². The van der Waals surface area contributed by atoms with Crippen molar-refractivity contribution in [2.75, 3.05) is 0 Å². The number of H-pyrrole nitrogens is 1. The Labute approximate surface area is 71.5 Å². The lowest BCUT2D eigenvalue weighted by Gasteiger charge is -1.89. The molecule has 0 saturated heterocycles. The van der Waals surface area contributed by atoms with Crippen LogP contribution in [0.25, 0.3) is 0 Å². The van der Waals surface area contributed by atoms with Gasteiger partial charge in [0, 0.05) is 0 Å². The molecule has 1 N–H and O–H groups in total. The van der Waals surface area contributed by atoms with Gasteiger partial charge in [0.25, 0.3) is 5.24 Å². The summed E-state index contributed by atoms with van der Waals surface area (Å²) in [4.78, 5) is 10.6. The quantitative estimate of drug-likeness (QED) is 0.736. The third-order valence-corrected chi connectivity index (χ3v) is 1.59. The second-order valence-corrected chi connectivity index (χ2v) is 2.48. The minimum Gasteiger partial charge on any atom is -0.278 e. The lowest BCUT2D eigenvalue weighted by Crippen LogP contribution is -1.92. The lowest BCUT2D eigenvalue weighted by molar-refractivity contribution is 0.108. The molecule has 1 heterocycles. The monoisotopic (exact) mass is 196 g/mol. The average Bonchev–Trinajstić information content (AvgIpc) is 2.30. The molecule has 0 aliphatic rings. The van der Waals surface area contributed by atoms with E-state index in [1.165, 1.54) is 0 Å². The fraction of sp³-hybridized carbons (Fsp3) is 0.200. The molecule has 0 spiro atoms. The van der Waals surface area contributed by atoms with E-state index in [1.807, 2.05) is 0 Å². The number of rotatable bonds is 2. The Morgan fingerprint density at radius 3 is 2.73 bits per heavy atom. The van der Waals surface area contributed by atoms with Crippen LogP contribution >= 0.6 is 23.2 Å². The van der Waals surface area contributed by atoms with Crippen molar-refractivity contribution in [1.29, 1.82) is 0 Å². The molecule has 60 valence electrons. The molecule has 1 rings (SSSR count). The molecular formula is C5H3Cl2FN2O. The SMILES string of the molecule is O=C(Cl)c1c(Cl)n[nH]c1CF. The summed E-state index contributed by atoms with van der Waals surface area (Å²) in [5.41, 5.74) is -0.0779. The van der Waals surface area contributed by atoms with Gasteiger partial charge in [-0.3, -0.25) is 9.89 Å². The van der Waals surface area contributed by atoms with Gasteiger partial charge in [-0.2, -0.15) is 5.10 Å². The molecule has 3 nitrogen and oxygen atoms in total. The lowest BCUT2D eigenvalue weighted by atomic mass is 10.3. The number of hydrogen-bond donors (Lipinski definition) is 1. The van der Waals surface area contributed by atoms with Gasteiger partial charge in [-0.05, 0) is 11.6 Å². The second kappa shape index (κ2) is 3.19. The van der Waals surface area contributed by atoms with Crippen LogP contribution < -0.4 is 0 Å². The number of hydrogen-bond acceptors (Lipinski definition) is 2. The topological polar surface area (TPSA) is 45.8 Å². The summed E-state index contributed by atoms with van der Waals surface area (Å²) >= 11 is 10.5. The predicted molar refractivity (Wildman–Crippen MR) is 38.6 cm³/mol. The molecule has 0 fully saturated rings. The fourth-order valence-electron chi connectivity index (χ4n) is 0.649. The summed E-state index contributed by atoms with van der Waals surface area (Å²) in [6.45, 7) is -0.840. The Hall–Kier alpha value is -0.610. The van der Waals surface area contributed by atoms with Gasteiger partial charge >= 0.3 is 0 Å². The standard InChI is InChI=1S/C5H3Cl2FN2O/c6-4-3(5(7)11)2(1-8)9-10-4/h1H2,(H,9,10). The number of alkyl halides is 1. The van der Waals surface area contributed by atoms with Crippen molar-refractivity contribution in [2.45, 2.75) is 6.67 Å². The Kier molecular flexibility index (Phi) is 2.46. The molecule has 0 bridgehead atoms. The van der Waals surface area contributed by atoms with Gasteiger partial charge in [0.2, 0.25) is 0 Å². The van der Waals surface area contributed by atoms with Gasteiger partial charge < -0.3 is 0 Å². The van der Waals surface area contributed by atoms with Crippen LogP contribution in [0.3, 0.4) is 0 Å². The highest BCUT2D eigenvalue weighted by molar-refractivity contribution is 6.68. The summed E-state index contributed by atoms with van der Waals surface area (Å²) in [5.74, 6) is 0. The summed E-state index contributed by atoms with van der Waals surface area (Å²) < 4.78 is 12.0. The zero-order valence-electron chi connectivity index (χ0n) is 5.20. The van der Waals surface area contributed by atoms with E-state index in [1.54, 1.807) is 0 Å². The van der Waals surface area contributed by atoms with E-state index < -0.39 is 11.9 Å². The number of halogens is 3. The molecule has 0 atom stereocenters. The fourth-order valence-corrected chi connectivity index (χ4v) is 1.14. The van der Waals surface area contributed by atoms with Crippen molar-refractivity contribution < 1.29 is 9.18 Å². The van der Waals surface area contributed by atoms with E-state index in [-0.39, 0.29) is 16.4 Å². The van der Waals surface area contributed by atoms with Crippen LogP contribution in [-0.4, -0.2) is 15.4 Å². The number of nitrogens with one attached hydrogen (secondary N) is 1. The Morgan fingerprint density at radius 2 is 2.36 bits per heavy atom. The highest BCUT2D eigenvalue weighted by Gasteiger charge is 2.16. The first-order chi connectivity index (χ1) is 5.16. The van der Waals surface area contributed by atoms with E-state index in [0.29, 0.717) is 0 Å². The minimum absolute atomic E-state index is 0.00926. The molecule has 0 saturated carbocycles. The molecule has 0 aliphatic heterocycles. The highest BCUT2D eigenvalue weighted by atomic mass is 35.5. The highest BCUT2D eigenvalue weighted by Crippen LogP contribution is 2.19. The first-order valence-electron chi connectivity index (χ1n) is 2.65. The van der Waals surface area contributed by atoms with Crippen molar-refractivity contribution >= 4 is 28.4 Å². The third kappa shape index (κ3) is 1.52. The molecule has 0 amide bonds. The molecule has 1 aromatic rings. The van der Waals surface area contributed by atoms with Gasteiger partial charge in [0.15, 0.2) is 5.15 Å². The summed E-state index contributed by atoms with van der Waals surface area (Å²) in [7, 11) is 0. The van der Waals surface area contributed by atoms with E-state index in [0.717, 1.165) is 0 Å². The smallest absolute Gasteiger partial charge is 0.257 e. The average molecular weight is 197 g/mol. The van der Waals surface area contributed by atoms with E-state index in [4.69, 9.17) is 23.2 Å². The molecule has 0 radical (unpaired) electrons. The van der Waals surface area contributed by atoms with Crippen molar-refractivity contribution in [3.05, 3.63) is 16.4 Å². The maximum absolute atomic E-state index is 12.0. The van der Waals surface area contributed by atoms with Crippen molar-refractivity contribution in [1.82, 2.24) is 10.2 Å². The van der Waals surface area contributed by atoms with E-state index in [9.17, 15) is 9.18 Å². The van der Waals surface area contributed by atoms with Crippen molar-refractivity contribution in [3.63, 3.8) is 0 Å². The van der Waals surface area contributed by atoms with Gasteiger partial charge in [0.05, 0.1) is 11.3 Å². The van der Waals surface area contributed by atoms with Crippen LogP contribution in [0.2, 0.25) is 5.15 Å². The van der Waals surface area contributed by atoms with Crippen LogP contribution in [0.5, 0.6) is 0 Å². The van der Waals surface area contributed by atoms with Crippen LogP contribution in [-0.2, 0) is 6.67 Å². The van der Waals surface area contributed by atoms with Crippen molar-refractivity contribution in [3.8, 4) is 0 Å². The van der Waals surface area contributed by atoms with Gasteiger partial charge in [-0.25, -0.2) is 4.39 Å². The maximum Gasteiger partial charge on any atom is 0.257 e. The van der Waals surface area contributed by atoms with E-state index >= 15 is 0 Å². The van der Waals surface area contributed by atoms with E-state index in [2.05, 4.69) is 10.2 Å². The molecule has 0 unspecified atom stereocenters. The molecule has 0 aromatic carbocycles. The van der Waals surface area contributed by atoms with Crippen LogP contribution in [0.4, 0.5) is 4.39 Å². The third-order valence-electron chi connectivity index (χ3n) is 1.13. The Balaban J connectivity index is 3.17. The molecule has 6 heteroatoms. The largest absolute Gasteiger partial charge is 0.278 e. The summed E-state index contributed by atoms with van der Waals surface area (Å²) in [6.07, 6.45) is 0. The summed E-state index contributed by atoms with van der Waals surface area (Å²) in [5, 5.41) is 4.74. The number of carbonyl (C=O) groups excluding carboxylic acids is 1. The predicted octanol–water partition coefficient (Wildman–Crippen LogP) is 1.91. The Morgan fingerprint density at radius 1 is 1.73 bits per heavy atom. The number of aromatic amines is 1. The normalized spacial score (nSPS) is 10.1. The van der Waals surface area contributed by atoms with Crippen LogP contribution in [0, 0.1) is 0 Å². The second-order valence-electron chi connectivity index (χ2n) is 1.78.